The van der Waals surface area contributed by atoms with E-state index in [2.05, 4.69) is 47.7 Å². The fourth-order valence-electron chi connectivity index (χ4n) is 6.93. The molecular formula is C40H62O6Si. The molecule has 6 nitrogen and oxygen atoms in total. The highest BCUT2D eigenvalue weighted by Gasteiger charge is 2.52. The summed E-state index contributed by atoms with van der Waals surface area (Å²) < 4.78 is 12.5. The van der Waals surface area contributed by atoms with Gasteiger partial charge in [-0.2, -0.15) is 0 Å². The Hall–Kier alpha value is -2.48. The number of hydrogen-bond acceptors (Lipinski definition) is 5. The Kier molecular flexibility index (Phi) is 14.7. The van der Waals surface area contributed by atoms with Crippen LogP contribution in [0.25, 0.3) is 11.1 Å². The van der Waals surface area contributed by atoms with E-state index in [0.29, 0.717) is 18.4 Å². The number of carboxylic acid groups (broad SMARTS) is 1. The summed E-state index contributed by atoms with van der Waals surface area (Å²) in [6, 6.07) is 17.6. The van der Waals surface area contributed by atoms with Crippen molar-refractivity contribution >= 4 is 20.3 Å². The Labute approximate surface area is 285 Å². The third-order valence-corrected chi connectivity index (χ3v) is 15.5. The lowest BCUT2D eigenvalue weighted by molar-refractivity contribution is -0.146. The molecule has 1 aliphatic carbocycles. The lowest BCUT2D eigenvalue weighted by Crippen LogP contribution is -2.46. The molecule has 7 heteroatoms. The van der Waals surface area contributed by atoms with Gasteiger partial charge in [0.05, 0.1) is 11.7 Å². The van der Waals surface area contributed by atoms with E-state index in [1.807, 2.05) is 54.6 Å². The lowest BCUT2D eigenvalue weighted by atomic mass is 9.71. The summed E-state index contributed by atoms with van der Waals surface area (Å²) >= 11 is 0. The molecule has 3 rings (SSSR count). The second kappa shape index (κ2) is 17.8. The highest BCUT2D eigenvalue weighted by molar-refractivity contribution is 6.74. The lowest BCUT2D eigenvalue weighted by Gasteiger charge is -2.38. The minimum absolute atomic E-state index is 0.0556. The van der Waals surface area contributed by atoms with Gasteiger partial charge in [0.15, 0.2) is 8.32 Å². The topological polar surface area (TPSA) is 93.1 Å². The molecule has 2 unspecified atom stereocenters. The van der Waals surface area contributed by atoms with Crippen molar-refractivity contribution in [1.82, 2.24) is 0 Å². The van der Waals surface area contributed by atoms with Crippen molar-refractivity contribution in [2.24, 2.45) is 11.3 Å². The smallest absolute Gasteiger partial charge is 0.338 e. The van der Waals surface area contributed by atoms with Crippen molar-refractivity contribution in [3.8, 4) is 11.1 Å². The van der Waals surface area contributed by atoms with Crippen LogP contribution >= 0.6 is 0 Å². The fraction of sp³-hybridized carbons (Fsp3) is 0.650. The SMILES string of the molecule is CCCCCCCC[C@H]1C(O)C[C@H](OC(=O)c2ccc(-c3ccccc3)cc2)[C@]1(C)CCCCCC(O[Si](C)(C)C(C)(C)C)C(=O)O. The molecule has 5 atom stereocenters. The summed E-state index contributed by atoms with van der Waals surface area (Å²) in [7, 11) is -2.20. The quantitative estimate of drug-likeness (QED) is 0.0880. The number of carboxylic acids is 1. The number of benzene rings is 2. The Bertz CT molecular complexity index is 1240. The molecule has 0 aromatic heterocycles. The Balaban J connectivity index is 1.66. The summed E-state index contributed by atoms with van der Waals surface area (Å²) in [5.41, 5.74) is 2.30. The minimum Gasteiger partial charge on any atom is -0.479 e. The molecule has 1 saturated carbocycles. The third kappa shape index (κ3) is 11.0. The van der Waals surface area contributed by atoms with Crippen LogP contribution < -0.4 is 0 Å². The van der Waals surface area contributed by atoms with E-state index in [9.17, 15) is 19.8 Å². The summed E-state index contributed by atoms with van der Waals surface area (Å²) in [6.07, 6.45) is 10.7. The predicted molar refractivity (Wildman–Crippen MR) is 194 cm³/mol. The Morgan fingerprint density at radius 3 is 2.11 bits per heavy atom. The predicted octanol–water partition coefficient (Wildman–Crippen LogP) is 10.4. The third-order valence-electron chi connectivity index (χ3n) is 11.0. The first-order valence-corrected chi connectivity index (χ1v) is 21.1. The number of aliphatic hydroxyl groups is 1. The van der Waals surface area contributed by atoms with Gasteiger partial charge in [-0.25, -0.2) is 9.59 Å². The van der Waals surface area contributed by atoms with E-state index < -0.39 is 26.5 Å². The van der Waals surface area contributed by atoms with Crippen LogP contribution in [0, 0.1) is 11.3 Å². The van der Waals surface area contributed by atoms with E-state index in [-0.39, 0.29) is 28.4 Å². The van der Waals surface area contributed by atoms with E-state index in [0.717, 1.165) is 56.1 Å². The van der Waals surface area contributed by atoms with Crippen molar-refractivity contribution in [2.75, 3.05) is 0 Å². The van der Waals surface area contributed by atoms with Crippen molar-refractivity contribution in [2.45, 2.75) is 155 Å². The highest BCUT2D eigenvalue weighted by Crippen LogP contribution is 2.51. The van der Waals surface area contributed by atoms with Gasteiger partial charge in [-0.1, -0.05) is 135 Å². The minimum atomic E-state index is -2.20. The molecule has 0 radical (unpaired) electrons. The molecule has 1 aliphatic rings. The molecule has 0 spiro atoms. The summed E-state index contributed by atoms with van der Waals surface area (Å²) in [5.74, 6) is -1.18. The second-order valence-electron chi connectivity index (χ2n) is 15.6. The number of rotatable bonds is 19. The molecule has 0 amide bonds. The van der Waals surface area contributed by atoms with Gasteiger partial charge < -0.3 is 19.4 Å². The van der Waals surface area contributed by atoms with Crippen LogP contribution in [0.1, 0.15) is 128 Å². The van der Waals surface area contributed by atoms with Crippen LogP contribution in [-0.2, 0) is 14.0 Å². The van der Waals surface area contributed by atoms with Gasteiger partial charge in [-0.3, -0.25) is 0 Å². The highest BCUT2D eigenvalue weighted by atomic mass is 28.4. The summed E-state index contributed by atoms with van der Waals surface area (Å²) in [4.78, 5) is 25.5. The molecule has 0 aliphatic heterocycles. The van der Waals surface area contributed by atoms with Crippen LogP contribution in [0.2, 0.25) is 18.1 Å². The van der Waals surface area contributed by atoms with Gasteiger partial charge >= 0.3 is 11.9 Å². The molecule has 0 bridgehead atoms. The maximum atomic E-state index is 13.4. The van der Waals surface area contributed by atoms with E-state index in [4.69, 9.17) is 9.16 Å². The standard InChI is InChI=1S/C40H62O6Si/c1-8-9-10-11-12-17-22-33-34(41)29-36(45-38(44)32-26-24-31(25-27-32)30-20-15-13-16-21-30)40(33,5)28-19-14-18-23-35(37(42)43)46-47(6,7)39(2,3)4/h13,15-16,20-21,24-27,33-36,41H,8-12,14,17-19,22-23,28-29H2,1-7H3,(H,42,43)/t33-,34?,35?,36-,40+/m0/s1. The van der Waals surface area contributed by atoms with Crippen LogP contribution in [-0.4, -0.2) is 48.8 Å². The molecule has 2 aromatic rings. The van der Waals surface area contributed by atoms with Crippen molar-refractivity contribution < 1.29 is 29.0 Å². The Morgan fingerprint density at radius 1 is 0.894 bits per heavy atom. The molecule has 47 heavy (non-hydrogen) atoms. The van der Waals surface area contributed by atoms with Gasteiger partial charge in [-0.15, -0.1) is 0 Å². The number of aliphatic hydroxyl groups excluding tert-OH is 1. The number of hydrogen-bond donors (Lipinski definition) is 2. The Morgan fingerprint density at radius 2 is 1.49 bits per heavy atom. The van der Waals surface area contributed by atoms with Crippen molar-refractivity contribution in [1.29, 1.82) is 0 Å². The first-order chi connectivity index (χ1) is 22.2. The van der Waals surface area contributed by atoms with E-state index in [1.165, 1.54) is 25.7 Å². The average Bonchev–Trinajstić information content (AvgIpc) is 3.25. The number of unbranched alkanes of at least 4 members (excludes halogenated alkanes) is 7. The normalized spacial score (nSPS) is 22.3. The zero-order chi connectivity index (χ0) is 34.7. The number of esters is 1. The molecule has 262 valence electrons. The fourth-order valence-corrected chi connectivity index (χ4v) is 8.21. The molecule has 2 aromatic carbocycles. The number of carbonyl (C=O) groups is 2. The zero-order valence-corrected chi connectivity index (χ0v) is 31.2. The monoisotopic (exact) mass is 666 g/mol. The summed E-state index contributed by atoms with van der Waals surface area (Å²) in [6.45, 7) is 15.0. The zero-order valence-electron chi connectivity index (χ0n) is 30.2. The molecule has 0 saturated heterocycles. The first kappa shape index (κ1) is 39.0. The largest absolute Gasteiger partial charge is 0.479 e. The second-order valence-corrected chi connectivity index (χ2v) is 20.4. The van der Waals surface area contributed by atoms with Gasteiger partial charge in [0.1, 0.15) is 12.2 Å². The number of carbonyl (C=O) groups excluding carboxylic acids is 1. The van der Waals surface area contributed by atoms with Gasteiger partial charge in [0.2, 0.25) is 0 Å². The number of aliphatic carboxylic acids is 1. The van der Waals surface area contributed by atoms with Crippen molar-refractivity contribution in [3.05, 3.63) is 60.2 Å². The van der Waals surface area contributed by atoms with Gasteiger partial charge in [-0.05, 0) is 66.6 Å². The van der Waals surface area contributed by atoms with Crippen LogP contribution in [0.4, 0.5) is 0 Å². The summed E-state index contributed by atoms with van der Waals surface area (Å²) in [5, 5.41) is 21.2. The molecule has 2 N–H and O–H groups in total. The van der Waals surface area contributed by atoms with E-state index in [1.54, 1.807) is 0 Å². The first-order valence-electron chi connectivity index (χ1n) is 18.1. The number of ether oxygens (including phenoxy) is 1. The molecular weight excluding hydrogens is 605 g/mol. The molecule has 0 heterocycles. The van der Waals surface area contributed by atoms with Crippen LogP contribution in [0.3, 0.4) is 0 Å². The van der Waals surface area contributed by atoms with E-state index >= 15 is 0 Å². The van der Waals surface area contributed by atoms with Crippen molar-refractivity contribution in [3.63, 3.8) is 0 Å². The maximum absolute atomic E-state index is 13.4. The van der Waals surface area contributed by atoms with Gasteiger partial charge in [0, 0.05) is 11.8 Å². The average molecular weight is 667 g/mol. The maximum Gasteiger partial charge on any atom is 0.338 e. The van der Waals surface area contributed by atoms with Gasteiger partial charge in [0.25, 0.3) is 0 Å². The van der Waals surface area contributed by atoms with Crippen LogP contribution in [0.5, 0.6) is 0 Å². The molecule has 1 fully saturated rings. The van der Waals surface area contributed by atoms with Crippen LogP contribution in [0.15, 0.2) is 54.6 Å².